The van der Waals surface area contributed by atoms with Gasteiger partial charge in [-0.15, -0.1) is 0 Å². The Morgan fingerprint density at radius 3 is 2.39 bits per heavy atom. The zero-order valence-electron chi connectivity index (χ0n) is 10.9. The maximum absolute atomic E-state index is 10.9. The average molecular weight is 282 g/mol. The van der Waals surface area contributed by atoms with Crippen molar-refractivity contribution >= 4 is 13.8 Å². The SMILES string of the molecule is C=CC(=O)OCCC(COP(=O)(O)O)[N+](C)(C)C. The number of nitrogens with zero attached hydrogens (tertiary/aromatic N) is 1. The summed E-state index contributed by atoms with van der Waals surface area (Å²) in [5, 5.41) is 0. The van der Waals surface area contributed by atoms with Gasteiger partial charge < -0.3 is 19.0 Å². The summed E-state index contributed by atoms with van der Waals surface area (Å²) in [5.41, 5.74) is 0. The minimum absolute atomic E-state index is 0.112. The Kier molecular flexibility index (Phi) is 6.73. The quantitative estimate of drug-likeness (QED) is 0.288. The molecule has 1 atom stereocenters. The Labute approximate surface area is 107 Å². The second-order valence-electron chi connectivity index (χ2n) is 4.72. The fraction of sp³-hybridized carbons (Fsp3) is 0.700. The first-order chi connectivity index (χ1) is 8.06. The number of hydrogen-bond donors (Lipinski definition) is 2. The third-order valence-corrected chi connectivity index (χ3v) is 2.88. The lowest BCUT2D eigenvalue weighted by molar-refractivity contribution is -0.896. The van der Waals surface area contributed by atoms with Crippen molar-refractivity contribution in [2.45, 2.75) is 12.5 Å². The van der Waals surface area contributed by atoms with Crippen LogP contribution in [-0.4, -0.2) is 60.6 Å². The van der Waals surface area contributed by atoms with E-state index in [9.17, 15) is 9.36 Å². The lowest BCUT2D eigenvalue weighted by Gasteiger charge is -2.33. The summed E-state index contributed by atoms with van der Waals surface area (Å²) < 4.78 is 20.4. The van der Waals surface area contributed by atoms with E-state index >= 15 is 0 Å². The number of phosphoric ester groups is 1. The molecule has 0 fully saturated rings. The molecule has 0 aliphatic carbocycles. The molecule has 106 valence electrons. The lowest BCUT2D eigenvalue weighted by Crippen LogP contribution is -2.48. The molecule has 0 bridgehead atoms. The Balaban J connectivity index is 4.30. The van der Waals surface area contributed by atoms with Crippen molar-refractivity contribution in [1.82, 2.24) is 0 Å². The maximum Gasteiger partial charge on any atom is 0.469 e. The summed E-state index contributed by atoms with van der Waals surface area (Å²) in [5.74, 6) is -0.522. The van der Waals surface area contributed by atoms with Gasteiger partial charge >= 0.3 is 13.8 Å². The number of phosphoric acid groups is 1. The molecule has 7 nitrogen and oxygen atoms in total. The zero-order chi connectivity index (χ0) is 14.4. The standard InChI is InChI=1S/C10H20NO6P/c1-5-10(12)16-7-6-9(11(2,3)4)8-17-18(13,14)15/h5,9H,1,6-8H2,2-4H3,(H-,13,14,15)/p+1. The Morgan fingerprint density at radius 2 is 2.00 bits per heavy atom. The Morgan fingerprint density at radius 1 is 1.44 bits per heavy atom. The highest BCUT2D eigenvalue weighted by Crippen LogP contribution is 2.36. The van der Waals surface area contributed by atoms with Crippen molar-refractivity contribution < 1.29 is 32.9 Å². The minimum atomic E-state index is -4.48. The fourth-order valence-corrected chi connectivity index (χ4v) is 1.60. The van der Waals surface area contributed by atoms with E-state index in [0.29, 0.717) is 10.9 Å². The second kappa shape index (κ2) is 7.01. The van der Waals surface area contributed by atoms with Gasteiger partial charge in [-0.1, -0.05) is 6.58 Å². The molecule has 0 saturated carbocycles. The highest BCUT2D eigenvalue weighted by molar-refractivity contribution is 7.46. The molecule has 8 heteroatoms. The molecule has 0 aromatic heterocycles. The molecule has 0 aliphatic rings. The number of ether oxygens (including phenoxy) is 1. The van der Waals surface area contributed by atoms with E-state index in [-0.39, 0.29) is 19.3 Å². The first kappa shape index (κ1) is 17.3. The van der Waals surface area contributed by atoms with Gasteiger partial charge in [-0.2, -0.15) is 0 Å². The van der Waals surface area contributed by atoms with Crippen molar-refractivity contribution in [2.75, 3.05) is 34.4 Å². The molecule has 2 N–H and O–H groups in total. The zero-order valence-corrected chi connectivity index (χ0v) is 11.8. The highest BCUT2D eigenvalue weighted by atomic mass is 31.2. The van der Waals surface area contributed by atoms with E-state index in [1.165, 1.54) is 0 Å². The molecule has 0 radical (unpaired) electrons. The molecule has 0 rings (SSSR count). The van der Waals surface area contributed by atoms with Crippen molar-refractivity contribution in [3.8, 4) is 0 Å². The van der Waals surface area contributed by atoms with Crippen LogP contribution in [0.15, 0.2) is 12.7 Å². The summed E-state index contributed by atoms with van der Waals surface area (Å²) in [4.78, 5) is 28.2. The lowest BCUT2D eigenvalue weighted by atomic mass is 10.2. The van der Waals surface area contributed by atoms with Crippen LogP contribution >= 0.6 is 7.82 Å². The summed E-state index contributed by atoms with van der Waals surface area (Å²) >= 11 is 0. The first-order valence-electron chi connectivity index (χ1n) is 5.36. The van der Waals surface area contributed by atoms with Crippen LogP contribution in [0.1, 0.15) is 6.42 Å². The largest absolute Gasteiger partial charge is 0.469 e. The van der Waals surface area contributed by atoms with Crippen molar-refractivity contribution in [3.63, 3.8) is 0 Å². The molecule has 0 spiro atoms. The molecule has 0 aromatic rings. The molecular formula is C10H21NO6P+. The number of hydrogen-bond acceptors (Lipinski definition) is 4. The van der Waals surface area contributed by atoms with Gasteiger partial charge in [-0.05, 0) is 0 Å². The number of carbonyl (C=O) groups excluding carboxylic acids is 1. The summed E-state index contributed by atoms with van der Waals surface area (Å²) in [6, 6.07) is -0.199. The van der Waals surface area contributed by atoms with Crippen LogP contribution in [0.25, 0.3) is 0 Å². The van der Waals surface area contributed by atoms with E-state index in [4.69, 9.17) is 14.5 Å². The average Bonchev–Trinajstić information content (AvgIpc) is 2.19. The molecule has 0 aromatic carbocycles. The number of esters is 1. The predicted octanol–water partition coefficient (Wildman–Crippen LogP) is 0.290. The van der Waals surface area contributed by atoms with Gasteiger partial charge in [0.1, 0.15) is 12.6 Å². The smallest absolute Gasteiger partial charge is 0.462 e. The van der Waals surface area contributed by atoms with Gasteiger partial charge in [0, 0.05) is 12.5 Å². The normalized spacial score (nSPS) is 14.1. The Bertz CT molecular complexity index is 332. The van der Waals surface area contributed by atoms with Crippen molar-refractivity contribution in [2.24, 2.45) is 0 Å². The summed E-state index contributed by atoms with van der Waals surface area (Å²) in [6.07, 6.45) is 1.50. The van der Waals surface area contributed by atoms with E-state index < -0.39 is 13.8 Å². The van der Waals surface area contributed by atoms with E-state index in [1.807, 2.05) is 21.1 Å². The number of likely N-dealkylation sites (N-methyl/N-ethyl adjacent to an activating group) is 1. The van der Waals surface area contributed by atoms with Gasteiger partial charge in [-0.25, -0.2) is 9.36 Å². The molecular weight excluding hydrogens is 261 g/mol. The first-order valence-corrected chi connectivity index (χ1v) is 6.89. The van der Waals surface area contributed by atoms with Crippen molar-refractivity contribution in [3.05, 3.63) is 12.7 Å². The molecule has 0 heterocycles. The molecule has 0 saturated heterocycles. The van der Waals surface area contributed by atoms with Crippen LogP contribution in [0.5, 0.6) is 0 Å². The monoisotopic (exact) mass is 282 g/mol. The molecule has 0 amide bonds. The third kappa shape index (κ3) is 8.38. The van der Waals surface area contributed by atoms with Crippen LogP contribution in [-0.2, 0) is 18.6 Å². The maximum atomic E-state index is 10.9. The number of rotatable bonds is 8. The van der Waals surface area contributed by atoms with Gasteiger partial charge in [0.2, 0.25) is 0 Å². The van der Waals surface area contributed by atoms with Gasteiger partial charge in [-0.3, -0.25) is 4.52 Å². The highest BCUT2D eigenvalue weighted by Gasteiger charge is 2.27. The van der Waals surface area contributed by atoms with Gasteiger partial charge in [0.05, 0.1) is 27.7 Å². The fourth-order valence-electron chi connectivity index (χ4n) is 1.23. The predicted molar refractivity (Wildman–Crippen MR) is 65.6 cm³/mol. The summed E-state index contributed by atoms with van der Waals surface area (Å²) in [6.45, 7) is 3.31. The number of quaternary nitrogens is 1. The Hall–Kier alpha value is -0.720. The van der Waals surface area contributed by atoms with E-state index in [1.54, 1.807) is 0 Å². The van der Waals surface area contributed by atoms with E-state index in [0.717, 1.165) is 6.08 Å². The van der Waals surface area contributed by atoms with Gasteiger partial charge in [0.15, 0.2) is 0 Å². The molecule has 0 aliphatic heterocycles. The minimum Gasteiger partial charge on any atom is -0.462 e. The van der Waals surface area contributed by atoms with E-state index in [2.05, 4.69) is 11.1 Å². The molecule has 1 unspecified atom stereocenters. The van der Waals surface area contributed by atoms with Gasteiger partial charge in [0.25, 0.3) is 0 Å². The molecule has 18 heavy (non-hydrogen) atoms. The summed E-state index contributed by atoms with van der Waals surface area (Å²) in [7, 11) is 1.11. The van der Waals surface area contributed by atoms with Crippen molar-refractivity contribution in [1.29, 1.82) is 0 Å². The third-order valence-electron chi connectivity index (χ3n) is 2.39. The second-order valence-corrected chi connectivity index (χ2v) is 5.96. The van der Waals surface area contributed by atoms with Crippen LogP contribution < -0.4 is 0 Å². The van der Waals surface area contributed by atoms with Crippen LogP contribution in [0.3, 0.4) is 0 Å². The number of carbonyl (C=O) groups is 1. The van der Waals surface area contributed by atoms with Crippen LogP contribution in [0, 0.1) is 0 Å². The topological polar surface area (TPSA) is 93.1 Å². The van der Waals surface area contributed by atoms with Crippen LogP contribution in [0.2, 0.25) is 0 Å². The van der Waals surface area contributed by atoms with Crippen LogP contribution in [0.4, 0.5) is 0 Å².